The maximum absolute atomic E-state index is 12.3. The summed E-state index contributed by atoms with van der Waals surface area (Å²) in [5, 5.41) is 12.2. The minimum Gasteiger partial charge on any atom is -0.340 e. The first-order chi connectivity index (χ1) is 11.9. The first kappa shape index (κ1) is 17.5. The van der Waals surface area contributed by atoms with Crippen LogP contribution in [0.25, 0.3) is 11.4 Å². The molecule has 1 aromatic carbocycles. The van der Waals surface area contributed by atoms with Gasteiger partial charge in [-0.25, -0.2) is 8.42 Å². The number of likely N-dealkylation sites (N-methyl/N-ethyl adjacent to an activating group) is 1. The fourth-order valence-electron chi connectivity index (χ4n) is 2.83. The zero-order chi connectivity index (χ0) is 18.0. The van der Waals surface area contributed by atoms with Gasteiger partial charge in [-0.1, -0.05) is 31.2 Å². The van der Waals surface area contributed by atoms with Gasteiger partial charge in [0, 0.05) is 18.7 Å². The van der Waals surface area contributed by atoms with Crippen LogP contribution in [0.2, 0.25) is 0 Å². The average molecular weight is 363 g/mol. The number of carbonyl (C=O) groups is 1. The van der Waals surface area contributed by atoms with Crippen LogP contribution in [0.4, 0.5) is 0 Å². The molecule has 0 aliphatic carbocycles. The number of sulfone groups is 1. The molecule has 2 heterocycles. The molecule has 1 aromatic heterocycles. The Hall–Kier alpha value is -2.29. The SMILES string of the molecule is CCc1ccc(-c2nnn(CC(=O)N(C)C3CCS(=O)(=O)C3)n2)cc1. The molecular weight excluding hydrogens is 342 g/mol. The maximum Gasteiger partial charge on any atom is 0.246 e. The van der Waals surface area contributed by atoms with Crippen LogP contribution in [0.3, 0.4) is 0 Å². The highest BCUT2D eigenvalue weighted by atomic mass is 32.2. The highest BCUT2D eigenvalue weighted by molar-refractivity contribution is 7.91. The number of benzene rings is 1. The van der Waals surface area contributed by atoms with E-state index >= 15 is 0 Å². The van der Waals surface area contributed by atoms with Gasteiger partial charge in [-0.05, 0) is 23.6 Å². The van der Waals surface area contributed by atoms with Gasteiger partial charge < -0.3 is 4.90 Å². The molecule has 1 amide bonds. The van der Waals surface area contributed by atoms with Crippen molar-refractivity contribution in [2.24, 2.45) is 0 Å². The van der Waals surface area contributed by atoms with Crippen molar-refractivity contribution in [2.45, 2.75) is 32.4 Å². The van der Waals surface area contributed by atoms with Crippen LogP contribution in [0, 0.1) is 0 Å². The average Bonchev–Trinajstić information content (AvgIpc) is 3.20. The molecule has 1 saturated heterocycles. The number of tetrazole rings is 1. The highest BCUT2D eigenvalue weighted by Crippen LogP contribution is 2.17. The molecule has 3 rings (SSSR count). The van der Waals surface area contributed by atoms with E-state index in [0.29, 0.717) is 12.2 Å². The Morgan fingerprint density at radius 1 is 1.32 bits per heavy atom. The maximum atomic E-state index is 12.3. The number of hydrogen-bond acceptors (Lipinski definition) is 6. The van der Waals surface area contributed by atoms with Crippen molar-refractivity contribution in [1.29, 1.82) is 0 Å². The Bertz CT molecular complexity index is 860. The molecule has 2 aromatic rings. The molecule has 134 valence electrons. The smallest absolute Gasteiger partial charge is 0.246 e. The summed E-state index contributed by atoms with van der Waals surface area (Å²) >= 11 is 0. The van der Waals surface area contributed by atoms with E-state index in [-0.39, 0.29) is 30.0 Å². The van der Waals surface area contributed by atoms with Crippen LogP contribution >= 0.6 is 0 Å². The van der Waals surface area contributed by atoms with Gasteiger partial charge in [0.2, 0.25) is 11.7 Å². The summed E-state index contributed by atoms with van der Waals surface area (Å²) in [6.45, 7) is 2.02. The Kier molecular flexibility index (Phi) is 4.85. The Morgan fingerprint density at radius 2 is 2.04 bits per heavy atom. The molecule has 1 aliphatic rings. The summed E-state index contributed by atoms with van der Waals surface area (Å²) in [6, 6.07) is 7.60. The zero-order valence-electron chi connectivity index (χ0n) is 14.3. The van der Waals surface area contributed by atoms with E-state index in [1.807, 2.05) is 24.3 Å². The van der Waals surface area contributed by atoms with Crippen molar-refractivity contribution in [3.05, 3.63) is 29.8 Å². The van der Waals surface area contributed by atoms with Crippen LogP contribution in [0.1, 0.15) is 18.9 Å². The van der Waals surface area contributed by atoms with E-state index in [1.54, 1.807) is 7.05 Å². The summed E-state index contributed by atoms with van der Waals surface area (Å²) < 4.78 is 23.1. The largest absolute Gasteiger partial charge is 0.340 e. The second-order valence-corrected chi connectivity index (χ2v) is 8.48. The standard InChI is InChI=1S/C16H21N5O3S/c1-3-12-4-6-13(7-5-12)16-17-19-21(18-16)10-15(22)20(2)14-8-9-25(23,24)11-14/h4-7,14H,3,8-11H2,1-2H3. The Labute approximate surface area is 146 Å². The molecule has 0 spiro atoms. The first-order valence-corrected chi connectivity index (χ1v) is 10.0. The lowest BCUT2D eigenvalue weighted by molar-refractivity contribution is -0.132. The van der Waals surface area contributed by atoms with Gasteiger partial charge in [-0.15, -0.1) is 10.2 Å². The van der Waals surface area contributed by atoms with Gasteiger partial charge in [0.15, 0.2) is 9.84 Å². The van der Waals surface area contributed by atoms with Gasteiger partial charge in [-0.3, -0.25) is 4.79 Å². The van der Waals surface area contributed by atoms with E-state index in [9.17, 15) is 13.2 Å². The number of aromatic nitrogens is 4. The van der Waals surface area contributed by atoms with Crippen LogP contribution in [0.5, 0.6) is 0 Å². The summed E-state index contributed by atoms with van der Waals surface area (Å²) in [5.74, 6) is 0.387. The molecule has 0 bridgehead atoms. The highest BCUT2D eigenvalue weighted by Gasteiger charge is 2.32. The molecule has 0 N–H and O–H groups in total. The first-order valence-electron chi connectivity index (χ1n) is 8.21. The van der Waals surface area contributed by atoms with Crippen LogP contribution in [0.15, 0.2) is 24.3 Å². The normalized spacial score (nSPS) is 19.0. The van der Waals surface area contributed by atoms with Crippen molar-refractivity contribution in [1.82, 2.24) is 25.1 Å². The number of aryl methyl sites for hydroxylation is 1. The van der Waals surface area contributed by atoms with Gasteiger partial charge in [0.1, 0.15) is 6.54 Å². The van der Waals surface area contributed by atoms with E-state index in [4.69, 9.17) is 0 Å². The fourth-order valence-corrected chi connectivity index (χ4v) is 4.61. The predicted molar refractivity (Wildman–Crippen MR) is 92.5 cm³/mol. The quantitative estimate of drug-likeness (QED) is 0.769. The number of carbonyl (C=O) groups excluding carboxylic acids is 1. The number of rotatable bonds is 5. The Balaban J connectivity index is 1.65. The molecule has 1 unspecified atom stereocenters. The predicted octanol–water partition coefficient (Wildman–Crippen LogP) is 0.548. The molecule has 1 aliphatic heterocycles. The minimum absolute atomic E-state index is 0.0229. The molecule has 8 nitrogen and oxygen atoms in total. The third-order valence-corrected chi connectivity index (χ3v) is 6.25. The second kappa shape index (κ2) is 6.91. The summed E-state index contributed by atoms with van der Waals surface area (Å²) in [6.07, 6.45) is 1.43. The van der Waals surface area contributed by atoms with Crippen molar-refractivity contribution in [3.8, 4) is 11.4 Å². The summed E-state index contributed by atoms with van der Waals surface area (Å²) in [4.78, 5) is 15.1. The van der Waals surface area contributed by atoms with Crippen LogP contribution < -0.4 is 0 Å². The van der Waals surface area contributed by atoms with E-state index in [1.165, 1.54) is 15.3 Å². The molecule has 9 heteroatoms. The summed E-state index contributed by atoms with van der Waals surface area (Å²) in [7, 11) is -1.41. The monoisotopic (exact) mass is 363 g/mol. The topological polar surface area (TPSA) is 98.0 Å². The second-order valence-electron chi connectivity index (χ2n) is 6.26. The van der Waals surface area contributed by atoms with Crippen molar-refractivity contribution in [3.63, 3.8) is 0 Å². The zero-order valence-corrected chi connectivity index (χ0v) is 15.1. The van der Waals surface area contributed by atoms with E-state index in [2.05, 4.69) is 22.3 Å². The number of amides is 1. The van der Waals surface area contributed by atoms with E-state index in [0.717, 1.165) is 12.0 Å². The Morgan fingerprint density at radius 3 is 2.64 bits per heavy atom. The lowest BCUT2D eigenvalue weighted by atomic mass is 10.1. The third-order valence-electron chi connectivity index (χ3n) is 4.50. The lowest BCUT2D eigenvalue weighted by Gasteiger charge is -2.22. The molecule has 1 atom stereocenters. The molecular formula is C16H21N5O3S. The molecule has 0 saturated carbocycles. The third kappa shape index (κ3) is 4.04. The fraction of sp³-hybridized carbons (Fsp3) is 0.500. The van der Waals surface area contributed by atoms with Gasteiger partial charge >= 0.3 is 0 Å². The van der Waals surface area contributed by atoms with Crippen molar-refractivity contribution in [2.75, 3.05) is 18.6 Å². The lowest BCUT2D eigenvalue weighted by Crippen LogP contribution is -2.40. The van der Waals surface area contributed by atoms with Crippen LogP contribution in [-0.4, -0.2) is 64.0 Å². The number of hydrogen-bond donors (Lipinski definition) is 0. The van der Waals surface area contributed by atoms with Gasteiger partial charge in [0.25, 0.3) is 0 Å². The molecule has 1 fully saturated rings. The summed E-state index contributed by atoms with van der Waals surface area (Å²) in [5.41, 5.74) is 2.06. The van der Waals surface area contributed by atoms with Crippen LogP contribution in [-0.2, 0) is 27.6 Å². The van der Waals surface area contributed by atoms with Gasteiger partial charge in [0.05, 0.1) is 11.5 Å². The molecule has 0 radical (unpaired) electrons. The van der Waals surface area contributed by atoms with E-state index < -0.39 is 9.84 Å². The van der Waals surface area contributed by atoms with Gasteiger partial charge in [-0.2, -0.15) is 4.80 Å². The van der Waals surface area contributed by atoms with Crippen molar-refractivity contribution < 1.29 is 13.2 Å². The minimum atomic E-state index is -3.03. The number of nitrogens with zero attached hydrogens (tertiary/aromatic N) is 5. The molecule has 25 heavy (non-hydrogen) atoms. The van der Waals surface area contributed by atoms with Crippen molar-refractivity contribution >= 4 is 15.7 Å².